The smallest absolute Gasteiger partial charge is 0.330 e. The number of carbonyl (C=O) groups excluding carboxylic acids is 1. The second-order valence-corrected chi connectivity index (χ2v) is 8.82. The average molecular weight is 494 g/mol. The van der Waals surface area contributed by atoms with Crippen LogP contribution >= 0.6 is 0 Å². The van der Waals surface area contributed by atoms with Gasteiger partial charge in [-0.1, -0.05) is 61.9 Å². The molecular formula is C27H35N5O4. The van der Waals surface area contributed by atoms with E-state index in [9.17, 15) is 14.4 Å². The van der Waals surface area contributed by atoms with Crippen LogP contribution in [-0.4, -0.2) is 47.1 Å². The van der Waals surface area contributed by atoms with Gasteiger partial charge in [0.2, 0.25) is 5.91 Å². The molecule has 3 aromatic rings. The quantitative estimate of drug-likeness (QED) is 0.401. The van der Waals surface area contributed by atoms with Crippen molar-refractivity contribution in [1.29, 1.82) is 0 Å². The van der Waals surface area contributed by atoms with E-state index in [-0.39, 0.29) is 30.5 Å². The monoisotopic (exact) mass is 493 g/mol. The zero-order chi connectivity index (χ0) is 26.1. The molecule has 0 saturated heterocycles. The number of aromatic amines is 1. The number of nitrogens with two attached hydrogens (primary N) is 1. The molecule has 1 aromatic heterocycles. The lowest BCUT2D eigenvalue weighted by Crippen LogP contribution is -2.44. The van der Waals surface area contributed by atoms with E-state index in [1.165, 1.54) is 9.47 Å². The van der Waals surface area contributed by atoms with Gasteiger partial charge < -0.3 is 10.5 Å². The number of unbranched alkanes of at least 4 members (excludes halogenated alkanes) is 1. The summed E-state index contributed by atoms with van der Waals surface area (Å²) in [5.74, 6) is 0.485. The maximum atomic E-state index is 13.5. The van der Waals surface area contributed by atoms with Crippen LogP contribution in [0.5, 0.6) is 5.75 Å². The van der Waals surface area contributed by atoms with Gasteiger partial charge in [0.25, 0.3) is 5.56 Å². The zero-order valence-corrected chi connectivity index (χ0v) is 21.2. The molecule has 0 unspecified atom stereocenters. The summed E-state index contributed by atoms with van der Waals surface area (Å²) in [4.78, 5) is 44.3. The number of likely N-dealkylation sites (N-methyl/N-ethyl adjacent to an activating group) is 1. The van der Waals surface area contributed by atoms with E-state index in [2.05, 4.69) is 4.98 Å². The second kappa shape index (κ2) is 12.7. The molecular weight excluding hydrogens is 458 g/mol. The summed E-state index contributed by atoms with van der Waals surface area (Å²) < 4.78 is 7.18. The fourth-order valence-corrected chi connectivity index (χ4v) is 3.86. The molecule has 0 saturated carbocycles. The van der Waals surface area contributed by atoms with Crippen LogP contribution in [0.3, 0.4) is 0 Å². The highest BCUT2D eigenvalue weighted by atomic mass is 16.5. The molecule has 2 aromatic carbocycles. The molecule has 3 N–H and O–H groups in total. The summed E-state index contributed by atoms with van der Waals surface area (Å²) >= 11 is 0. The van der Waals surface area contributed by atoms with Crippen molar-refractivity contribution in [2.24, 2.45) is 0 Å². The third-order valence-electron chi connectivity index (χ3n) is 5.93. The Morgan fingerprint density at radius 1 is 1.08 bits per heavy atom. The van der Waals surface area contributed by atoms with Crippen molar-refractivity contribution in [3.8, 4) is 5.75 Å². The van der Waals surface area contributed by atoms with Crippen molar-refractivity contribution in [3.63, 3.8) is 0 Å². The molecule has 0 bridgehead atoms. The van der Waals surface area contributed by atoms with Gasteiger partial charge in [-0.15, -0.1) is 0 Å². The van der Waals surface area contributed by atoms with Gasteiger partial charge >= 0.3 is 5.69 Å². The Labute approximate surface area is 211 Å². The van der Waals surface area contributed by atoms with Crippen molar-refractivity contribution in [3.05, 3.63) is 86.6 Å². The number of benzene rings is 2. The van der Waals surface area contributed by atoms with Crippen LogP contribution in [-0.2, 0) is 17.9 Å². The molecule has 0 aliphatic heterocycles. The second-order valence-electron chi connectivity index (χ2n) is 8.82. The van der Waals surface area contributed by atoms with Gasteiger partial charge in [0.15, 0.2) is 5.69 Å². The van der Waals surface area contributed by atoms with Crippen molar-refractivity contribution in [1.82, 2.24) is 14.5 Å². The highest BCUT2D eigenvalue weighted by Crippen LogP contribution is 2.21. The van der Waals surface area contributed by atoms with Crippen molar-refractivity contribution < 1.29 is 9.53 Å². The highest BCUT2D eigenvalue weighted by molar-refractivity contribution is 5.96. The number of rotatable bonds is 12. The first-order valence-corrected chi connectivity index (χ1v) is 12.2. The van der Waals surface area contributed by atoms with Gasteiger partial charge in [-0.25, -0.2) is 4.79 Å². The number of hydrogen-bond donors (Lipinski definition) is 2. The number of anilines is 2. The minimum absolute atomic E-state index is 0.00739. The number of nitrogens with zero attached hydrogens (tertiary/aromatic N) is 3. The summed E-state index contributed by atoms with van der Waals surface area (Å²) in [6, 6.07) is 17.1. The molecule has 0 aliphatic rings. The van der Waals surface area contributed by atoms with Gasteiger partial charge in [-0.05, 0) is 37.6 Å². The van der Waals surface area contributed by atoms with Crippen molar-refractivity contribution in [2.45, 2.75) is 39.8 Å². The summed E-state index contributed by atoms with van der Waals surface area (Å²) in [6.07, 6.45) is 1.56. The Hall–Kier alpha value is -3.85. The van der Waals surface area contributed by atoms with Crippen LogP contribution < -0.4 is 26.6 Å². The fraction of sp³-hybridized carbons (Fsp3) is 0.370. The molecule has 36 heavy (non-hydrogen) atoms. The van der Waals surface area contributed by atoms with E-state index in [1.807, 2.05) is 80.4 Å². The lowest BCUT2D eigenvalue weighted by molar-refractivity contribution is -0.119. The topological polar surface area (TPSA) is 114 Å². The molecule has 9 heteroatoms. The Morgan fingerprint density at radius 2 is 1.78 bits per heavy atom. The SMILES string of the molecule is CCCCn1c(N)c(N(Cc2ccccc2)C(=O)CN(C)CCOc2ccccc2C)c(=O)[nH]c1=O. The summed E-state index contributed by atoms with van der Waals surface area (Å²) in [5.41, 5.74) is 6.93. The third-order valence-corrected chi connectivity index (χ3v) is 5.93. The van der Waals surface area contributed by atoms with Crippen molar-refractivity contribution >= 4 is 17.4 Å². The third kappa shape index (κ3) is 6.85. The van der Waals surface area contributed by atoms with Gasteiger partial charge in [0, 0.05) is 13.1 Å². The maximum Gasteiger partial charge on any atom is 0.330 e. The van der Waals surface area contributed by atoms with Crippen LogP contribution in [0.15, 0.2) is 64.2 Å². The molecule has 192 valence electrons. The first kappa shape index (κ1) is 26.7. The lowest BCUT2D eigenvalue weighted by atomic mass is 10.2. The Bertz CT molecular complexity index is 1270. The zero-order valence-electron chi connectivity index (χ0n) is 21.2. The van der Waals surface area contributed by atoms with E-state index in [0.29, 0.717) is 26.1 Å². The largest absolute Gasteiger partial charge is 0.492 e. The Balaban J connectivity index is 1.82. The van der Waals surface area contributed by atoms with Gasteiger partial charge in [-0.2, -0.15) is 0 Å². The molecule has 0 spiro atoms. The number of para-hydroxylation sites is 1. The highest BCUT2D eigenvalue weighted by Gasteiger charge is 2.25. The van der Waals surface area contributed by atoms with Crippen molar-refractivity contribution in [2.75, 3.05) is 37.4 Å². The lowest BCUT2D eigenvalue weighted by Gasteiger charge is -2.27. The van der Waals surface area contributed by atoms with E-state index in [4.69, 9.17) is 10.5 Å². The van der Waals surface area contributed by atoms with Crippen LogP contribution in [0.25, 0.3) is 0 Å². The molecule has 1 heterocycles. The first-order chi connectivity index (χ1) is 17.3. The predicted molar refractivity (Wildman–Crippen MR) is 142 cm³/mol. The van der Waals surface area contributed by atoms with Crippen LogP contribution in [0.2, 0.25) is 0 Å². The Morgan fingerprint density at radius 3 is 2.47 bits per heavy atom. The Kier molecular flexibility index (Phi) is 9.46. The normalized spacial score (nSPS) is 11.0. The number of ether oxygens (including phenoxy) is 1. The summed E-state index contributed by atoms with van der Waals surface area (Å²) in [7, 11) is 1.82. The van der Waals surface area contributed by atoms with Crippen LogP contribution in [0.1, 0.15) is 30.9 Å². The first-order valence-electron chi connectivity index (χ1n) is 12.2. The maximum absolute atomic E-state index is 13.5. The van der Waals surface area contributed by atoms with Crippen LogP contribution in [0, 0.1) is 6.92 Å². The van der Waals surface area contributed by atoms with E-state index < -0.39 is 11.2 Å². The van der Waals surface area contributed by atoms with Gasteiger partial charge in [0.1, 0.15) is 18.2 Å². The number of aryl methyl sites for hydroxylation is 1. The van der Waals surface area contributed by atoms with Crippen LogP contribution in [0.4, 0.5) is 11.5 Å². The molecule has 0 aliphatic carbocycles. The standard InChI is InChI=1S/C27H35N5O4/c1-4-5-15-31-25(28)24(26(34)29-27(31)35)32(18-21-12-7-6-8-13-21)23(33)19-30(3)16-17-36-22-14-10-9-11-20(22)2/h6-14H,4-5,15-19,28H2,1-3H3,(H,29,34,35). The molecule has 1 amide bonds. The number of amides is 1. The average Bonchev–Trinajstić information content (AvgIpc) is 2.85. The molecule has 9 nitrogen and oxygen atoms in total. The number of hydrogen-bond acceptors (Lipinski definition) is 6. The summed E-state index contributed by atoms with van der Waals surface area (Å²) in [5, 5.41) is 0. The van der Waals surface area contributed by atoms with E-state index >= 15 is 0 Å². The number of aromatic nitrogens is 2. The fourth-order valence-electron chi connectivity index (χ4n) is 3.86. The minimum Gasteiger partial charge on any atom is -0.492 e. The number of nitrogens with one attached hydrogen (secondary N) is 1. The number of carbonyl (C=O) groups is 1. The molecule has 3 rings (SSSR count). The number of H-pyrrole nitrogens is 1. The predicted octanol–water partition coefficient (Wildman–Crippen LogP) is 2.77. The van der Waals surface area contributed by atoms with E-state index in [0.717, 1.165) is 23.3 Å². The number of nitrogen functional groups attached to an aromatic ring is 1. The van der Waals surface area contributed by atoms with Gasteiger partial charge in [-0.3, -0.25) is 28.9 Å². The van der Waals surface area contributed by atoms with E-state index in [1.54, 1.807) is 0 Å². The minimum atomic E-state index is -0.680. The molecule has 0 fully saturated rings. The molecule has 0 radical (unpaired) electrons. The summed E-state index contributed by atoms with van der Waals surface area (Å²) in [6.45, 7) is 5.42. The molecule has 0 atom stereocenters. The van der Waals surface area contributed by atoms with Gasteiger partial charge in [0.05, 0.1) is 13.1 Å².